The summed E-state index contributed by atoms with van der Waals surface area (Å²) in [5.74, 6) is -0.176. The number of hydrogen-bond donors (Lipinski definition) is 2. The van der Waals surface area contributed by atoms with Crippen LogP contribution in [0.4, 0.5) is 0 Å². The maximum atomic E-state index is 11.8. The van der Waals surface area contributed by atoms with Gasteiger partial charge in [-0.3, -0.25) is 4.79 Å². The van der Waals surface area contributed by atoms with Crippen molar-refractivity contribution >= 4 is 5.97 Å². The first-order valence-corrected chi connectivity index (χ1v) is 7.37. The number of aliphatic hydroxyl groups is 1. The maximum Gasteiger partial charge on any atom is 0.309 e. The van der Waals surface area contributed by atoms with Crippen LogP contribution in [0.2, 0.25) is 0 Å². The molecule has 0 saturated heterocycles. The highest BCUT2D eigenvalue weighted by molar-refractivity contribution is 5.75. The van der Waals surface area contributed by atoms with Crippen LogP contribution in [0.15, 0.2) is 30.3 Å². The largest absolute Gasteiger partial charge is 0.481 e. The fourth-order valence-electron chi connectivity index (χ4n) is 3.34. The van der Waals surface area contributed by atoms with Crippen LogP contribution in [-0.2, 0) is 10.4 Å². The van der Waals surface area contributed by atoms with Crippen LogP contribution in [0, 0.1) is 11.3 Å². The van der Waals surface area contributed by atoms with Crippen LogP contribution >= 0.6 is 0 Å². The van der Waals surface area contributed by atoms with E-state index >= 15 is 0 Å². The molecule has 0 bridgehead atoms. The van der Waals surface area contributed by atoms with Gasteiger partial charge in [-0.15, -0.1) is 0 Å². The Labute approximate surface area is 120 Å². The average molecular weight is 276 g/mol. The fraction of sp³-hybridized carbons (Fsp3) is 0.588. The topological polar surface area (TPSA) is 57.5 Å². The first-order chi connectivity index (χ1) is 9.36. The minimum absolute atomic E-state index is 0.284. The van der Waals surface area contributed by atoms with Gasteiger partial charge in [0.2, 0.25) is 0 Å². The van der Waals surface area contributed by atoms with E-state index in [-0.39, 0.29) is 6.42 Å². The van der Waals surface area contributed by atoms with Crippen molar-refractivity contribution in [2.24, 2.45) is 11.3 Å². The third kappa shape index (κ3) is 3.04. The summed E-state index contributed by atoms with van der Waals surface area (Å²) >= 11 is 0. The molecule has 2 rings (SSSR count). The van der Waals surface area contributed by atoms with Crippen molar-refractivity contribution in [1.82, 2.24) is 0 Å². The van der Waals surface area contributed by atoms with Gasteiger partial charge in [0.1, 0.15) is 0 Å². The Balaban J connectivity index is 2.22. The van der Waals surface area contributed by atoms with Crippen molar-refractivity contribution in [3.63, 3.8) is 0 Å². The van der Waals surface area contributed by atoms with Gasteiger partial charge in [0, 0.05) is 0 Å². The lowest BCUT2D eigenvalue weighted by atomic mass is 9.65. The molecule has 1 unspecified atom stereocenters. The Bertz CT molecular complexity index is 456. The van der Waals surface area contributed by atoms with Gasteiger partial charge in [-0.25, -0.2) is 0 Å². The molecule has 1 aliphatic carbocycles. The van der Waals surface area contributed by atoms with Crippen molar-refractivity contribution in [2.75, 3.05) is 0 Å². The zero-order valence-electron chi connectivity index (χ0n) is 12.3. The second-order valence-corrected chi connectivity index (χ2v) is 6.58. The summed E-state index contributed by atoms with van der Waals surface area (Å²) in [4.78, 5) is 11.8. The van der Waals surface area contributed by atoms with Crippen molar-refractivity contribution in [2.45, 2.75) is 51.6 Å². The Morgan fingerprint density at radius 3 is 2.35 bits per heavy atom. The van der Waals surface area contributed by atoms with Gasteiger partial charge < -0.3 is 10.2 Å². The molecule has 0 aromatic heterocycles. The number of carboxylic acid groups (broad SMARTS) is 1. The summed E-state index contributed by atoms with van der Waals surface area (Å²) in [6, 6.07) is 9.37. The van der Waals surface area contributed by atoms with Crippen molar-refractivity contribution in [3.05, 3.63) is 35.9 Å². The Morgan fingerprint density at radius 2 is 1.85 bits per heavy atom. The molecular formula is C17H24O3. The summed E-state index contributed by atoms with van der Waals surface area (Å²) in [7, 11) is 0. The lowest BCUT2D eigenvalue weighted by molar-refractivity contribution is -0.157. The van der Waals surface area contributed by atoms with Crippen molar-refractivity contribution < 1.29 is 15.0 Å². The van der Waals surface area contributed by atoms with E-state index in [9.17, 15) is 15.0 Å². The van der Waals surface area contributed by atoms with Crippen LogP contribution in [0.3, 0.4) is 0 Å². The molecule has 3 heteroatoms. The Kier molecular flexibility index (Phi) is 4.19. The lowest BCUT2D eigenvalue weighted by Crippen LogP contribution is -2.41. The summed E-state index contributed by atoms with van der Waals surface area (Å²) in [5, 5.41) is 20.4. The number of hydrogen-bond acceptors (Lipinski definition) is 2. The number of carbonyl (C=O) groups is 1. The van der Waals surface area contributed by atoms with Gasteiger partial charge in [0.25, 0.3) is 0 Å². The molecular weight excluding hydrogens is 252 g/mol. The summed E-state index contributed by atoms with van der Waals surface area (Å²) in [6.07, 6.45) is 3.46. The van der Waals surface area contributed by atoms with E-state index < -0.39 is 17.0 Å². The molecule has 0 spiro atoms. The quantitative estimate of drug-likeness (QED) is 0.884. The monoisotopic (exact) mass is 276 g/mol. The number of aliphatic carboxylic acids is 1. The molecule has 0 radical (unpaired) electrons. The second-order valence-electron chi connectivity index (χ2n) is 6.58. The smallest absolute Gasteiger partial charge is 0.309 e. The third-order valence-electron chi connectivity index (χ3n) is 4.76. The van der Waals surface area contributed by atoms with Gasteiger partial charge in [0.15, 0.2) is 0 Å². The van der Waals surface area contributed by atoms with E-state index in [0.29, 0.717) is 18.8 Å². The molecule has 110 valence electrons. The van der Waals surface area contributed by atoms with E-state index in [0.717, 1.165) is 18.4 Å². The molecule has 0 aliphatic heterocycles. The van der Waals surface area contributed by atoms with Crippen molar-refractivity contribution in [3.8, 4) is 0 Å². The molecule has 1 aliphatic rings. The summed E-state index contributed by atoms with van der Waals surface area (Å²) in [6.45, 7) is 3.90. The van der Waals surface area contributed by atoms with Crippen LogP contribution in [0.1, 0.15) is 51.5 Å². The molecule has 1 saturated carbocycles. The number of benzene rings is 1. The highest BCUT2D eigenvalue weighted by Crippen LogP contribution is 2.46. The molecule has 0 amide bonds. The molecule has 1 fully saturated rings. The van der Waals surface area contributed by atoms with E-state index in [1.807, 2.05) is 30.3 Å². The van der Waals surface area contributed by atoms with Gasteiger partial charge in [-0.1, -0.05) is 37.3 Å². The van der Waals surface area contributed by atoms with Gasteiger partial charge >= 0.3 is 5.97 Å². The van der Waals surface area contributed by atoms with E-state index in [1.165, 1.54) is 0 Å². The van der Waals surface area contributed by atoms with Crippen LogP contribution in [0.5, 0.6) is 0 Å². The predicted octanol–water partition coefficient (Wildman–Crippen LogP) is 3.57. The zero-order valence-corrected chi connectivity index (χ0v) is 12.3. The average Bonchev–Trinajstić information content (AvgIpc) is 2.42. The summed E-state index contributed by atoms with van der Waals surface area (Å²) < 4.78 is 0. The minimum atomic E-state index is -1.10. The SMILES string of the molecule is CC1CCC(CC(C)(O)c2ccccc2)(C(=O)O)CC1. The predicted molar refractivity (Wildman–Crippen MR) is 78.3 cm³/mol. The molecule has 2 N–H and O–H groups in total. The second kappa shape index (κ2) is 5.57. The van der Waals surface area contributed by atoms with E-state index in [1.54, 1.807) is 6.92 Å². The number of carboxylic acids is 1. The standard InChI is InChI=1S/C17H24O3/c1-13-8-10-17(11-9-13,15(18)19)12-16(2,20)14-6-4-3-5-7-14/h3-7,13,20H,8-12H2,1-2H3,(H,18,19). The molecule has 1 atom stereocenters. The first-order valence-electron chi connectivity index (χ1n) is 7.37. The highest BCUT2D eigenvalue weighted by atomic mass is 16.4. The summed E-state index contributed by atoms with van der Waals surface area (Å²) in [5.41, 5.74) is -1.09. The molecule has 1 aromatic carbocycles. The minimum Gasteiger partial charge on any atom is -0.481 e. The van der Waals surface area contributed by atoms with Crippen molar-refractivity contribution in [1.29, 1.82) is 0 Å². The number of rotatable bonds is 4. The Morgan fingerprint density at radius 1 is 1.30 bits per heavy atom. The maximum absolute atomic E-state index is 11.8. The highest BCUT2D eigenvalue weighted by Gasteiger charge is 2.46. The van der Waals surface area contributed by atoms with Crippen LogP contribution < -0.4 is 0 Å². The lowest BCUT2D eigenvalue weighted by Gasteiger charge is -2.40. The molecule has 20 heavy (non-hydrogen) atoms. The van der Waals surface area contributed by atoms with Gasteiger partial charge in [-0.05, 0) is 50.5 Å². The fourth-order valence-corrected chi connectivity index (χ4v) is 3.34. The molecule has 3 nitrogen and oxygen atoms in total. The molecule has 1 aromatic rings. The van der Waals surface area contributed by atoms with Crippen LogP contribution in [-0.4, -0.2) is 16.2 Å². The van der Waals surface area contributed by atoms with Gasteiger partial charge in [-0.2, -0.15) is 0 Å². The first kappa shape index (κ1) is 15.0. The third-order valence-corrected chi connectivity index (χ3v) is 4.76. The molecule has 0 heterocycles. The zero-order chi connectivity index (χ0) is 14.8. The van der Waals surface area contributed by atoms with Crippen LogP contribution in [0.25, 0.3) is 0 Å². The van der Waals surface area contributed by atoms with Gasteiger partial charge in [0.05, 0.1) is 11.0 Å². The Hall–Kier alpha value is -1.35. The van der Waals surface area contributed by atoms with E-state index in [2.05, 4.69) is 6.92 Å². The van der Waals surface area contributed by atoms with E-state index in [4.69, 9.17) is 0 Å². The normalized spacial score (nSPS) is 29.6.